The van der Waals surface area contributed by atoms with Gasteiger partial charge in [-0.05, 0) is 17.7 Å². The first-order chi connectivity index (χ1) is 8.97. The first-order valence-corrected chi connectivity index (χ1v) is 5.72. The van der Waals surface area contributed by atoms with Crippen LogP contribution < -0.4 is 5.32 Å². The molecule has 0 spiro atoms. The first-order valence-electron chi connectivity index (χ1n) is 5.34. The van der Waals surface area contributed by atoms with Crippen LogP contribution in [0.4, 0.5) is 19.1 Å². The van der Waals surface area contributed by atoms with E-state index in [1.54, 1.807) is 24.3 Å². The summed E-state index contributed by atoms with van der Waals surface area (Å²) in [5, 5.41) is 3.24. The zero-order chi connectivity index (χ0) is 13.9. The fourth-order valence-corrected chi connectivity index (χ4v) is 1.62. The van der Waals surface area contributed by atoms with Crippen LogP contribution in [0.2, 0.25) is 5.02 Å². The van der Waals surface area contributed by atoms with E-state index in [4.69, 9.17) is 11.6 Å². The lowest BCUT2D eigenvalue weighted by Crippen LogP contribution is -2.11. The SMILES string of the molecule is FC(F)(F)c1ccnc(NCc2ccccc2Cl)n1. The Bertz CT molecular complexity index is 572. The molecule has 0 radical (unpaired) electrons. The Hall–Kier alpha value is -1.82. The molecule has 19 heavy (non-hydrogen) atoms. The topological polar surface area (TPSA) is 37.8 Å². The summed E-state index contributed by atoms with van der Waals surface area (Å²) in [6.45, 7) is 0.251. The van der Waals surface area contributed by atoms with Crippen molar-refractivity contribution in [3.05, 3.63) is 52.8 Å². The normalized spacial score (nSPS) is 11.4. The first kappa shape index (κ1) is 13.6. The molecule has 0 aliphatic carbocycles. The van der Waals surface area contributed by atoms with Gasteiger partial charge in [-0.2, -0.15) is 13.2 Å². The highest BCUT2D eigenvalue weighted by Gasteiger charge is 2.32. The van der Waals surface area contributed by atoms with Crippen LogP contribution in [0.5, 0.6) is 0 Å². The minimum atomic E-state index is -4.48. The molecule has 0 aliphatic heterocycles. The fraction of sp³-hybridized carbons (Fsp3) is 0.167. The molecule has 0 amide bonds. The second kappa shape index (κ2) is 5.44. The van der Waals surface area contributed by atoms with Gasteiger partial charge in [-0.3, -0.25) is 0 Å². The summed E-state index contributed by atoms with van der Waals surface area (Å²) in [5.41, 5.74) is -0.227. The van der Waals surface area contributed by atoms with Crippen molar-refractivity contribution in [2.45, 2.75) is 12.7 Å². The van der Waals surface area contributed by atoms with Crippen molar-refractivity contribution in [1.29, 1.82) is 0 Å². The van der Waals surface area contributed by atoms with Gasteiger partial charge in [0.25, 0.3) is 0 Å². The number of nitrogens with zero attached hydrogens (tertiary/aromatic N) is 2. The molecule has 0 saturated carbocycles. The zero-order valence-corrected chi connectivity index (χ0v) is 10.3. The van der Waals surface area contributed by atoms with Crippen LogP contribution in [0.1, 0.15) is 11.3 Å². The molecule has 7 heteroatoms. The predicted octanol–water partition coefficient (Wildman–Crippen LogP) is 3.76. The summed E-state index contributed by atoms with van der Waals surface area (Å²) in [6.07, 6.45) is -3.42. The minimum Gasteiger partial charge on any atom is -0.350 e. The maximum atomic E-state index is 12.5. The standard InChI is InChI=1S/C12H9ClF3N3/c13-9-4-2-1-3-8(9)7-18-11-17-6-5-10(19-11)12(14,15)16/h1-6H,7H2,(H,17,18,19). The molecule has 1 aromatic heterocycles. The Balaban J connectivity index is 2.10. The van der Waals surface area contributed by atoms with Gasteiger partial charge < -0.3 is 5.32 Å². The number of alkyl halides is 3. The maximum Gasteiger partial charge on any atom is 0.433 e. The summed E-state index contributed by atoms with van der Waals surface area (Å²) >= 11 is 5.93. The van der Waals surface area contributed by atoms with Gasteiger partial charge in [0, 0.05) is 17.8 Å². The molecule has 0 fully saturated rings. The highest BCUT2D eigenvalue weighted by Crippen LogP contribution is 2.27. The third kappa shape index (κ3) is 3.57. The van der Waals surface area contributed by atoms with Crippen molar-refractivity contribution < 1.29 is 13.2 Å². The second-order valence-electron chi connectivity index (χ2n) is 3.71. The van der Waals surface area contributed by atoms with E-state index in [9.17, 15) is 13.2 Å². The molecule has 1 aromatic carbocycles. The molecule has 0 atom stereocenters. The second-order valence-corrected chi connectivity index (χ2v) is 4.12. The van der Waals surface area contributed by atoms with Crippen LogP contribution in [0.25, 0.3) is 0 Å². The van der Waals surface area contributed by atoms with Gasteiger partial charge in [0.05, 0.1) is 0 Å². The Morgan fingerprint density at radius 1 is 1.16 bits per heavy atom. The lowest BCUT2D eigenvalue weighted by atomic mass is 10.2. The Labute approximate surface area is 112 Å². The number of aromatic nitrogens is 2. The van der Waals surface area contributed by atoms with E-state index in [1.165, 1.54) is 0 Å². The van der Waals surface area contributed by atoms with Crippen LogP contribution in [-0.2, 0) is 12.7 Å². The fourth-order valence-electron chi connectivity index (χ4n) is 1.42. The lowest BCUT2D eigenvalue weighted by molar-refractivity contribution is -0.141. The average Bonchev–Trinajstić information content (AvgIpc) is 2.37. The number of benzene rings is 1. The Morgan fingerprint density at radius 3 is 2.58 bits per heavy atom. The molecule has 2 rings (SSSR count). The van der Waals surface area contributed by atoms with Gasteiger partial charge in [0.2, 0.25) is 5.95 Å². The molecule has 3 nitrogen and oxygen atoms in total. The predicted molar refractivity (Wildman–Crippen MR) is 65.8 cm³/mol. The highest BCUT2D eigenvalue weighted by molar-refractivity contribution is 6.31. The van der Waals surface area contributed by atoms with Crippen LogP contribution >= 0.6 is 11.6 Å². The number of nitrogens with one attached hydrogen (secondary N) is 1. The largest absolute Gasteiger partial charge is 0.433 e. The Morgan fingerprint density at radius 2 is 1.89 bits per heavy atom. The smallest absolute Gasteiger partial charge is 0.350 e. The zero-order valence-electron chi connectivity index (χ0n) is 9.58. The molecule has 100 valence electrons. The minimum absolute atomic E-state index is 0.0882. The number of halogens is 4. The van der Waals surface area contributed by atoms with Crippen LogP contribution in [0.3, 0.4) is 0 Å². The van der Waals surface area contributed by atoms with Gasteiger partial charge in [-0.1, -0.05) is 29.8 Å². The van der Waals surface area contributed by atoms with Gasteiger partial charge in [0.15, 0.2) is 0 Å². The van der Waals surface area contributed by atoms with Crippen molar-refractivity contribution >= 4 is 17.5 Å². The molecular weight excluding hydrogens is 279 g/mol. The summed E-state index contributed by atoms with van der Waals surface area (Å²) in [4.78, 5) is 7.13. The van der Waals surface area contributed by atoms with E-state index in [0.29, 0.717) is 5.02 Å². The molecule has 1 N–H and O–H groups in total. The van der Waals surface area contributed by atoms with Gasteiger partial charge in [-0.25, -0.2) is 9.97 Å². The van der Waals surface area contributed by atoms with E-state index in [0.717, 1.165) is 17.8 Å². The highest BCUT2D eigenvalue weighted by atomic mass is 35.5. The molecule has 2 aromatic rings. The van der Waals surface area contributed by atoms with Crippen molar-refractivity contribution in [3.8, 4) is 0 Å². The maximum absolute atomic E-state index is 12.5. The quantitative estimate of drug-likeness (QED) is 0.934. The van der Waals surface area contributed by atoms with Crippen LogP contribution in [-0.4, -0.2) is 9.97 Å². The molecule has 0 saturated heterocycles. The number of rotatable bonds is 3. The molecule has 0 bridgehead atoms. The van der Waals surface area contributed by atoms with Crippen molar-refractivity contribution in [2.75, 3.05) is 5.32 Å². The van der Waals surface area contributed by atoms with Crippen molar-refractivity contribution in [2.24, 2.45) is 0 Å². The molecular formula is C12H9ClF3N3. The summed E-state index contributed by atoms with van der Waals surface area (Å²) in [6, 6.07) is 7.84. The number of anilines is 1. The molecule has 1 heterocycles. The summed E-state index contributed by atoms with van der Waals surface area (Å²) in [7, 11) is 0. The van der Waals surface area contributed by atoms with E-state index >= 15 is 0 Å². The third-order valence-corrected chi connectivity index (χ3v) is 2.71. The van der Waals surface area contributed by atoms with Gasteiger partial charge >= 0.3 is 6.18 Å². The van der Waals surface area contributed by atoms with Crippen molar-refractivity contribution in [1.82, 2.24) is 9.97 Å². The number of hydrogen-bond donors (Lipinski definition) is 1. The lowest BCUT2D eigenvalue weighted by Gasteiger charge is -2.09. The summed E-state index contributed by atoms with van der Waals surface area (Å²) < 4.78 is 37.4. The van der Waals surface area contributed by atoms with Gasteiger partial charge in [0.1, 0.15) is 5.69 Å². The Kier molecular flexibility index (Phi) is 3.90. The average molecular weight is 288 g/mol. The van der Waals surface area contributed by atoms with E-state index in [1.807, 2.05) is 0 Å². The number of hydrogen-bond acceptors (Lipinski definition) is 3. The molecule has 0 aliphatic rings. The monoisotopic (exact) mass is 287 g/mol. The van der Waals surface area contributed by atoms with Crippen LogP contribution in [0.15, 0.2) is 36.5 Å². The van der Waals surface area contributed by atoms with E-state index < -0.39 is 11.9 Å². The van der Waals surface area contributed by atoms with Crippen LogP contribution in [0, 0.1) is 0 Å². The molecule has 0 unspecified atom stereocenters. The third-order valence-electron chi connectivity index (χ3n) is 2.34. The van der Waals surface area contributed by atoms with E-state index in [2.05, 4.69) is 15.3 Å². The van der Waals surface area contributed by atoms with Gasteiger partial charge in [-0.15, -0.1) is 0 Å². The van der Waals surface area contributed by atoms with E-state index in [-0.39, 0.29) is 12.5 Å². The van der Waals surface area contributed by atoms with Crippen molar-refractivity contribution in [3.63, 3.8) is 0 Å². The summed E-state index contributed by atoms with van der Waals surface area (Å²) in [5.74, 6) is -0.0882.